The van der Waals surface area contributed by atoms with Gasteiger partial charge >= 0.3 is 0 Å². The Bertz CT molecular complexity index is 840. The molecule has 0 bridgehead atoms. The maximum atomic E-state index is 12.9. The van der Waals surface area contributed by atoms with Crippen molar-refractivity contribution in [3.63, 3.8) is 0 Å². The summed E-state index contributed by atoms with van der Waals surface area (Å²) in [4.78, 5) is 15.9. The van der Waals surface area contributed by atoms with Gasteiger partial charge in [0.2, 0.25) is 0 Å². The number of nitrogens with zero attached hydrogens (tertiary/aromatic N) is 3. The first-order valence-corrected chi connectivity index (χ1v) is 9.40. The molecule has 3 heterocycles. The molecule has 1 N–H and O–H groups in total. The highest BCUT2D eigenvalue weighted by Crippen LogP contribution is 2.28. The zero-order chi connectivity index (χ0) is 17.1. The molecule has 1 saturated heterocycles. The van der Waals surface area contributed by atoms with E-state index >= 15 is 0 Å². The van der Waals surface area contributed by atoms with Crippen molar-refractivity contribution in [3.05, 3.63) is 59.6 Å². The van der Waals surface area contributed by atoms with Crippen LogP contribution < -0.4 is 5.32 Å². The van der Waals surface area contributed by atoms with Gasteiger partial charge in [-0.25, -0.2) is 4.68 Å². The summed E-state index contributed by atoms with van der Waals surface area (Å²) in [6, 6.07) is 16.0. The fourth-order valence-electron chi connectivity index (χ4n) is 3.06. The predicted octanol–water partition coefficient (Wildman–Crippen LogP) is 3.46. The molecule has 26 heavy (non-hydrogen) atoms. The lowest BCUT2D eigenvalue weighted by molar-refractivity contribution is 0.0760. The zero-order valence-corrected chi connectivity index (χ0v) is 15.9. The molecule has 1 aromatic carbocycles. The third kappa shape index (κ3) is 3.82. The van der Waals surface area contributed by atoms with Crippen molar-refractivity contribution in [3.8, 4) is 16.3 Å². The minimum Gasteiger partial charge on any atom is -0.336 e. The number of hydrogen-bond donors (Lipinski definition) is 1. The monoisotopic (exact) mass is 388 g/mol. The SMILES string of the molecule is Cl.O=C(c1cc(-c2cccs2)n(-c2ccccc2)n1)N1CCCNCC1. The number of carbonyl (C=O) groups excluding carboxylic acids is 1. The Balaban J connectivity index is 0.00000196. The van der Waals surface area contributed by atoms with Gasteiger partial charge in [-0.1, -0.05) is 24.3 Å². The van der Waals surface area contributed by atoms with E-state index in [1.54, 1.807) is 11.3 Å². The quantitative estimate of drug-likeness (QED) is 0.747. The predicted molar refractivity (Wildman–Crippen MR) is 108 cm³/mol. The summed E-state index contributed by atoms with van der Waals surface area (Å²) in [5, 5.41) is 10.0. The van der Waals surface area contributed by atoms with Crippen LogP contribution in [0.3, 0.4) is 0 Å². The van der Waals surface area contributed by atoms with Crippen molar-refractivity contribution in [2.45, 2.75) is 6.42 Å². The Morgan fingerprint density at radius 1 is 1.08 bits per heavy atom. The molecule has 5 nitrogen and oxygen atoms in total. The van der Waals surface area contributed by atoms with Crippen LogP contribution in [0.1, 0.15) is 16.9 Å². The highest BCUT2D eigenvalue weighted by Gasteiger charge is 2.22. The van der Waals surface area contributed by atoms with Crippen LogP contribution in [-0.4, -0.2) is 46.8 Å². The first-order valence-electron chi connectivity index (χ1n) is 8.52. The summed E-state index contributed by atoms with van der Waals surface area (Å²) in [7, 11) is 0. The number of aromatic nitrogens is 2. The summed E-state index contributed by atoms with van der Waals surface area (Å²) in [6.07, 6.45) is 0.975. The zero-order valence-electron chi connectivity index (χ0n) is 14.3. The Morgan fingerprint density at radius 3 is 2.69 bits per heavy atom. The van der Waals surface area contributed by atoms with E-state index in [1.807, 2.05) is 57.4 Å². The number of nitrogens with one attached hydrogen (secondary N) is 1. The van der Waals surface area contributed by atoms with Gasteiger partial charge in [0, 0.05) is 19.6 Å². The molecule has 0 atom stereocenters. The van der Waals surface area contributed by atoms with Gasteiger partial charge in [-0.2, -0.15) is 5.10 Å². The van der Waals surface area contributed by atoms with Gasteiger partial charge in [0.25, 0.3) is 5.91 Å². The van der Waals surface area contributed by atoms with Crippen LogP contribution in [0, 0.1) is 0 Å². The van der Waals surface area contributed by atoms with E-state index in [-0.39, 0.29) is 18.3 Å². The average Bonchev–Trinajstić information content (AvgIpc) is 3.25. The number of hydrogen-bond acceptors (Lipinski definition) is 4. The number of carbonyl (C=O) groups is 1. The number of para-hydroxylation sites is 1. The van der Waals surface area contributed by atoms with Crippen LogP contribution in [0.25, 0.3) is 16.3 Å². The number of amides is 1. The number of thiophene rings is 1. The van der Waals surface area contributed by atoms with Crippen LogP contribution in [0.2, 0.25) is 0 Å². The van der Waals surface area contributed by atoms with E-state index in [2.05, 4.69) is 16.5 Å². The summed E-state index contributed by atoms with van der Waals surface area (Å²) in [5.41, 5.74) is 2.43. The molecule has 1 aliphatic rings. The first kappa shape index (κ1) is 18.6. The van der Waals surface area contributed by atoms with Crippen molar-refractivity contribution < 1.29 is 4.79 Å². The van der Waals surface area contributed by atoms with Crippen molar-refractivity contribution in [2.24, 2.45) is 0 Å². The van der Waals surface area contributed by atoms with Crippen molar-refractivity contribution in [1.82, 2.24) is 20.0 Å². The normalized spacial score (nSPS) is 14.5. The van der Waals surface area contributed by atoms with Gasteiger partial charge in [0.05, 0.1) is 16.3 Å². The van der Waals surface area contributed by atoms with Gasteiger partial charge in [0.15, 0.2) is 5.69 Å². The van der Waals surface area contributed by atoms with Crippen LogP contribution in [0.5, 0.6) is 0 Å². The van der Waals surface area contributed by atoms with Gasteiger partial charge in [-0.3, -0.25) is 4.79 Å². The molecule has 3 aromatic rings. The van der Waals surface area contributed by atoms with E-state index in [0.29, 0.717) is 5.69 Å². The van der Waals surface area contributed by atoms with Crippen LogP contribution in [-0.2, 0) is 0 Å². The topological polar surface area (TPSA) is 50.2 Å². The van der Waals surface area contributed by atoms with E-state index < -0.39 is 0 Å². The van der Waals surface area contributed by atoms with Crippen molar-refractivity contribution in [1.29, 1.82) is 0 Å². The Hall–Kier alpha value is -2.15. The Kier molecular flexibility index (Phi) is 6.08. The molecule has 1 fully saturated rings. The first-order chi connectivity index (χ1) is 12.3. The smallest absolute Gasteiger partial charge is 0.274 e. The average molecular weight is 389 g/mol. The van der Waals surface area contributed by atoms with Crippen molar-refractivity contribution in [2.75, 3.05) is 26.2 Å². The maximum Gasteiger partial charge on any atom is 0.274 e. The second kappa shape index (κ2) is 8.49. The van der Waals surface area contributed by atoms with E-state index in [4.69, 9.17) is 0 Å². The van der Waals surface area contributed by atoms with Crippen molar-refractivity contribution >= 4 is 29.7 Å². The largest absolute Gasteiger partial charge is 0.336 e. The van der Waals surface area contributed by atoms with E-state index in [0.717, 1.165) is 48.9 Å². The van der Waals surface area contributed by atoms with E-state index in [1.165, 1.54) is 0 Å². The molecular formula is C19H21ClN4OS. The lowest BCUT2D eigenvalue weighted by Gasteiger charge is -2.18. The highest BCUT2D eigenvalue weighted by atomic mass is 35.5. The number of halogens is 1. The number of benzene rings is 1. The minimum atomic E-state index is 0. The van der Waals surface area contributed by atoms with Gasteiger partial charge in [-0.15, -0.1) is 23.7 Å². The third-order valence-corrected chi connectivity index (χ3v) is 5.22. The summed E-state index contributed by atoms with van der Waals surface area (Å²) < 4.78 is 1.87. The molecule has 0 radical (unpaired) electrons. The third-order valence-electron chi connectivity index (χ3n) is 4.33. The molecule has 2 aromatic heterocycles. The molecule has 0 spiro atoms. The van der Waals surface area contributed by atoms with Gasteiger partial charge < -0.3 is 10.2 Å². The summed E-state index contributed by atoms with van der Waals surface area (Å²) >= 11 is 1.65. The molecule has 7 heteroatoms. The minimum absolute atomic E-state index is 0. The molecule has 1 aliphatic heterocycles. The Labute approximate surface area is 163 Å². The molecule has 0 unspecified atom stereocenters. The second-order valence-corrected chi connectivity index (χ2v) is 6.98. The van der Waals surface area contributed by atoms with Gasteiger partial charge in [0.1, 0.15) is 0 Å². The molecule has 0 saturated carbocycles. The standard InChI is InChI=1S/C19H20N4OS.ClH/c24-19(22-11-5-9-20-10-12-22)16-14-17(18-8-4-13-25-18)23(21-16)15-6-2-1-3-7-15;/h1-4,6-8,13-14,20H,5,9-12H2;1H. The highest BCUT2D eigenvalue weighted by molar-refractivity contribution is 7.13. The molecule has 1 amide bonds. The summed E-state index contributed by atoms with van der Waals surface area (Å²) in [6.45, 7) is 3.30. The number of rotatable bonds is 3. The maximum absolute atomic E-state index is 12.9. The molecule has 136 valence electrons. The summed E-state index contributed by atoms with van der Waals surface area (Å²) in [5.74, 6) is 0.0104. The fraction of sp³-hybridized carbons (Fsp3) is 0.263. The Morgan fingerprint density at radius 2 is 1.92 bits per heavy atom. The molecule has 4 rings (SSSR count). The van der Waals surface area contributed by atoms with Gasteiger partial charge in [-0.05, 0) is 42.6 Å². The molecular weight excluding hydrogens is 368 g/mol. The lowest BCUT2D eigenvalue weighted by Crippen LogP contribution is -2.34. The second-order valence-electron chi connectivity index (χ2n) is 6.04. The lowest BCUT2D eigenvalue weighted by atomic mass is 10.2. The van der Waals surface area contributed by atoms with Crippen LogP contribution in [0.4, 0.5) is 0 Å². The van der Waals surface area contributed by atoms with Crippen LogP contribution in [0.15, 0.2) is 53.9 Å². The molecule has 0 aliphatic carbocycles. The fourth-order valence-corrected chi connectivity index (χ4v) is 3.79. The van der Waals surface area contributed by atoms with Crippen LogP contribution >= 0.6 is 23.7 Å². The van der Waals surface area contributed by atoms with E-state index in [9.17, 15) is 4.79 Å².